The number of amidine groups is 1. The third-order valence-electron chi connectivity index (χ3n) is 2.26. The van der Waals surface area contributed by atoms with E-state index in [1.165, 1.54) is 13.0 Å². The second-order valence-electron chi connectivity index (χ2n) is 3.58. The first kappa shape index (κ1) is 15.4. The molecule has 2 radical (unpaired) electrons. The maximum atomic E-state index is 12.8. The molecule has 0 aliphatic heterocycles. The minimum absolute atomic E-state index is 0.0890. The highest BCUT2D eigenvalue weighted by atomic mass is 32.2. The Kier molecular flexibility index (Phi) is 4.89. The van der Waals surface area contributed by atoms with Crippen LogP contribution in [0, 0.1) is 18.4 Å². The number of alkyl halides is 3. The van der Waals surface area contributed by atoms with Gasteiger partial charge in [-0.2, -0.15) is 18.4 Å². The largest absolute Gasteiger partial charge is 0.415 e. The molecule has 0 aromatic heterocycles. The Morgan fingerprint density at radius 3 is 2.58 bits per heavy atom. The summed E-state index contributed by atoms with van der Waals surface area (Å²) in [6.45, 7) is 1.47. The molecule has 0 fully saturated rings. The lowest BCUT2D eigenvalue weighted by Gasteiger charge is -2.14. The van der Waals surface area contributed by atoms with E-state index in [9.17, 15) is 13.2 Å². The zero-order valence-electron chi connectivity index (χ0n) is 10.2. The maximum Gasteiger partial charge on any atom is 0.415 e. The van der Waals surface area contributed by atoms with E-state index in [4.69, 9.17) is 13.1 Å². The molecule has 0 unspecified atom stereocenters. The number of thioether (sulfide) groups is 1. The average molecular weight is 283 g/mol. The van der Waals surface area contributed by atoms with Crippen LogP contribution in [0.5, 0.6) is 0 Å². The Hall–Kier alpha value is -1.62. The highest BCUT2D eigenvalue weighted by Crippen LogP contribution is 2.31. The van der Waals surface area contributed by atoms with E-state index in [2.05, 4.69) is 10.3 Å². The average Bonchev–Trinajstić information content (AvgIpc) is 2.31. The van der Waals surface area contributed by atoms with E-state index in [0.717, 1.165) is 17.8 Å². The van der Waals surface area contributed by atoms with Gasteiger partial charge in [-0.1, -0.05) is 22.8 Å². The van der Waals surface area contributed by atoms with Crippen molar-refractivity contribution in [3.63, 3.8) is 0 Å². The lowest BCUT2D eigenvalue weighted by molar-refractivity contribution is -0.136. The second-order valence-corrected chi connectivity index (χ2v) is 4.37. The van der Waals surface area contributed by atoms with Crippen molar-refractivity contribution in [3.8, 4) is 6.19 Å². The molecule has 0 amide bonds. The van der Waals surface area contributed by atoms with Gasteiger partial charge in [-0.3, -0.25) is 5.32 Å². The number of aliphatic imine (C=N–C) groups is 1. The Morgan fingerprint density at radius 2 is 2.11 bits per heavy atom. The Bertz CT molecular complexity index is 549. The van der Waals surface area contributed by atoms with Crippen molar-refractivity contribution in [1.29, 1.82) is 5.26 Å². The molecule has 3 nitrogen and oxygen atoms in total. The third-order valence-corrected chi connectivity index (χ3v) is 2.84. The van der Waals surface area contributed by atoms with Crippen LogP contribution in [0.1, 0.15) is 11.1 Å². The fourth-order valence-electron chi connectivity index (χ4n) is 1.37. The lowest BCUT2D eigenvalue weighted by atomic mass is 9.85. The number of rotatable bonds is 1. The summed E-state index contributed by atoms with van der Waals surface area (Å²) >= 11 is 1.12. The van der Waals surface area contributed by atoms with Gasteiger partial charge in [0.2, 0.25) is 0 Å². The van der Waals surface area contributed by atoms with Crippen molar-refractivity contribution in [2.45, 2.75) is 13.1 Å². The van der Waals surface area contributed by atoms with E-state index < -0.39 is 11.7 Å². The van der Waals surface area contributed by atoms with Gasteiger partial charge in [-0.25, -0.2) is 4.99 Å². The number of hydrogen-bond donors (Lipinski definition) is 1. The molecular formula is C11H9BF3N3S. The summed E-state index contributed by atoms with van der Waals surface area (Å²) in [6, 6.07) is 2.29. The van der Waals surface area contributed by atoms with E-state index in [1.807, 2.05) is 0 Å². The van der Waals surface area contributed by atoms with Crippen LogP contribution in [0.25, 0.3) is 0 Å². The molecule has 0 saturated carbocycles. The van der Waals surface area contributed by atoms with Gasteiger partial charge in [0.05, 0.1) is 11.3 Å². The van der Waals surface area contributed by atoms with Crippen LogP contribution < -0.4 is 10.8 Å². The third kappa shape index (κ3) is 3.93. The smallest absolute Gasteiger partial charge is 0.271 e. The molecule has 98 valence electrons. The molecule has 1 rings (SSSR count). The highest BCUT2D eigenvalue weighted by Gasteiger charge is 2.32. The van der Waals surface area contributed by atoms with Gasteiger partial charge >= 0.3 is 6.18 Å². The zero-order chi connectivity index (χ0) is 14.6. The quantitative estimate of drug-likeness (QED) is 0.283. The van der Waals surface area contributed by atoms with Crippen LogP contribution in [0.3, 0.4) is 0 Å². The van der Waals surface area contributed by atoms with E-state index in [1.54, 1.807) is 12.4 Å². The number of nitrogens with one attached hydrogen (secondary N) is 1. The van der Waals surface area contributed by atoms with Gasteiger partial charge < -0.3 is 0 Å². The van der Waals surface area contributed by atoms with Gasteiger partial charge in [0, 0.05) is 0 Å². The van der Waals surface area contributed by atoms with Crippen molar-refractivity contribution < 1.29 is 13.2 Å². The molecule has 1 aromatic rings. The minimum Gasteiger partial charge on any atom is -0.271 e. The van der Waals surface area contributed by atoms with E-state index in [0.29, 0.717) is 0 Å². The monoisotopic (exact) mass is 283 g/mol. The molecule has 0 bridgehead atoms. The van der Waals surface area contributed by atoms with E-state index in [-0.39, 0.29) is 21.9 Å². The number of benzene rings is 1. The molecule has 0 spiro atoms. The summed E-state index contributed by atoms with van der Waals surface area (Å²) in [5, 5.41) is 11.0. The van der Waals surface area contributed by atoms with Crippen molar-refractivity contribution >= 4 is 35.9 Å². The second kappa shape index (κ2) is 6.02. The molecule has 8 heteroatoms. The predicted octanol–water partition coefficient (Wildman–Crippen LogP) is 2.23. The molecule has 0 saturated heterocycles. The first-order chi connectivity index (χ1) is 8.79. The number of nitrogens with zero attached hydrogens (tertiary/aromatic N) is 2. The van der Waals surface area contributed by atoms with E-state index >= 15 is 0 Å². The van der Waals surface area contributed by atoms with Gasteiger partial charge in [0.25, 0.3) is 0 Å². The predicted molar refractivity (Wildman–Crippen MR) is 70.9 cm³/mol. The molecule has 0 aliphatic rings. The van der Waals surface area contributed by atoms with Gasteiger partial charge in [0.1, 0.15) is 7.85 Å². The zero-order valence-corrected chi connectivity index (χ0v) is 11.0. The summed E-state index contributed by atoms with van der Waals surface area (Å²) in [7, 11) is 5.42. The molecule has 0 atom stereocenters. The molecule has 0 aliphatic carbocycles. The molecule has 1 aromatic carbocycles. The maximum absolute atomic E-state index is 12.8. The number of nitriles is 1. The van der Waals surface area contributed by atoms with Crippen molar-refractivity contribution in [3.05, 3.63) is 23.3 Å². The van der Waals surface area contributed by atoms with Crippen molar-refractivity contribution in [1.82, 2.24) is 5.32 Å². The molecule has 0 heterocycles. The number of hydrogen-bond acceptors (Lipinski definition) is 3. The Morgan fingerprint density at radius 1 is 1.47 bits per heavy atom. The first-order valence-corrected chi connectivity index (χ1v) is 6.27. The van der Waals surface area contributed by atoms with Crippen LogP contribution in [0.4, 0.5) is 18.9 Å². The van der Waals surface area contributed by atoms with Crippen LogP contribution in [-0.2, 0) is 6.18 Å². The van der Waals surface area contributed by atoms with Crippen molar-refractivity contribution in [2.75, 3.05) is 6.26 Å². The summed E-state index contributed by atoms with van der Waals surface area (Å²) in [4.78, 5) is 3.93. The summed E-state index contributed by atoms with van der Waals surface area (Å²) in [6.07, 6.45) is -1.23. The highest BCUT2D eigenvalue weighted by molar-refractivity contribution is 8.13. The van der Waals surface area contributed by atoms with Crippen LogP contribution in [0.15, 0.2) is 17.1 Å². The Labute approximate surface area is 114 Å². The molecule has 1 N–H and O–H groups in total. The topological polar surface area (TPSA) is 48.2 Å². The Balaban J connectivity index is 3.33. The summed E-state index contributed by atoms with van der Waals surface area (Å²) in [5.41, 5.74) is -0.869. The SMILES string of the molecule is [B]c1c(C)cc(N=C(NC#N)SC)cc1C(F)(F)F. The van der Waals surface area contributed by atoms with Crippen LogP contribution in [-0.4, -0.2) is 19.3 Å². The van der Waals surface area contributed by atoms with Crippen LogP contribution >= 0.6 is 11.8 Å². The number of aryl methyl sites for hydroxylation is 1. The summed E-state index contributed by atoms with van der Waals surface area (Å²) in [5.74, 6) is 0. The first-order valence-electron chi connectivity index (χ1n) is 5.04. The van der Waals surface area contributed by atoms with Gasteiger partial charge in [-0.15, -0.1) is 0 Å². The minimum atomic E-state index is -4.54. The van der Waals surface area contributed by atoms with Gasteiger partial charge in [0.15, 0.2) is 11.4 Å². The normalized spacial score (nSPS) is 12.1. The van der Waals surface area contributed by atoms with Crippen molar-refractivity contribution in [2.24, 2.45) is 4.99 Å². The van der Waals surface area contributed by atoms with Gasteiger partial charge in [-0.05, 0) is 25.3 Å². The lowest BCUT2D eigenvalue weighted by Crippen LogP contribution is -2.22. The van der Waals surface area contributed by atoms with Crippen LogP contribution in [0.2, 0.25) is 0 Å². The number of halogens is 3. The fraction of sp³-hybridized carbons (Fsp3) is 0.273. The molecule has 19 heavy (non-hydrogen) atoms. The standard InChI is InChI=1S/C11H9BF3N3S/c1-6-3-7(18-10(19-2)17-5-16)4-8(9(6)12)11(13,14)15/h3-4H,1-2H3,(H,17,18). The summed E-state index contributed by atoms with van der Waals surface area (Å²) < 4.78 is 38.3. The fourth-order valence-corrected chi connectivity index (χ4v) is 1.71. The molecular weight excluding hydrogens is 274 g/mol.